The zero-order valence-electron chi connectivity index (χ0n) is 19.2. The molecule has 3 aliphatic heterocycles. The van der Waals surface area contributed by atoms with Gasteiger partial charge in [-0.1, -0.05) is 49.4 Å². The van der Waals surface area contributed by atoms with Crippen LogP contribution in [0.25, 0.3) is 0 Å². The first-order valence-corrected chi connectivity index (χ1v) is 12.0. The molecule has 3 heterocycles. The number of methoxy groups -OCH3 is 1. The SMILES string of the molecule is CCC1CC(c2ccccc2)CCN1C(=O)[C@@H]1CNC[C@]12CCOc1c(OC)cccc12. The number of ether oxygens (including phenoxy) is 2. The summed E-state index contributed by atoms with van der Waals surface area (Å²) in [5.41, 5.74) is 2.30. The highest BCUT2D eigenvalue weighted by Gasteiger charge is 2.53. The molecule has 2 saturated heterocycles. The van der Waals surface area contributed by atoms with Gasteiger partial charge in [0.2, 0.25) is 5.91 Å². The molecule has 1 amide bonds. The van der Waals surface area contributed by atoms with Crippen molar-refractivity contribution in [2.75, 3.05) is 33.4 Å². The number of hydrogen-bond donors (Lipinski definition) is 1. The van der Waals surface area contributed by atoms with E-state index in [4.69, 9.17) is 9.47 Å². The molecule has 2 aromatic carbocycles. The molecular weight excluding hydrogens is 400 g/mol. The summed E-state index contributed by atoms with van der Waals surface area (Å²) in [6.45, 7) is 5.21. The summed E-state index contributed by atoms with van der Waals surface area (Å²) in [5, 5.41) is 3.55. The van der Waals surface area contributed by atoms with Crippen molar-refractivity contribution >= 4 is 5.91 Å². The van der Waals surface area contributed by atoms with E-state index in [0.717, 1.165) is 62.4 Å². The number of carbonyl (C=O) groups excluding carboxylic acids is 1. The average Bonchev–Trinajstić information content (AvgIpc) is 3.27. The Hall–Kier alpha value is -2.53. The Morgan fingerprint density at radius 3 is 2.84 bits per heavy atom. The van der Waals surface area contributed by atoms with E-state index in [1.165, 1.54) is 5.56 Å². The molecule has 0 radical (unpaired) electrons. The van der Waals surface area contributed by atoms with Crippen molar-refractivity contribution in [3.63, 3.8) is 0 Å². The zero-order valence-corrected chi connectivity index (χ0v) is 19.2. The highest BCUT2D eigenvalue weighted by atomic mass is 16.5. The van der Waals surface area contributed by atoms with Crippen molar-refractivity contribution in [3.05, 3.63) is 59.7 Å². The smallest absolute Gasteiger partial charge is 0.228 e. The maximum Gasteiger partial charge on any atom is 0.228 e. The van der Waals surface area contributed by atoms with Gasteiger partial charge in [0.05, 0.1) is 19.6 Å². The van der Waals surface area contributed by atoms with E-state index in [1.54, 1.807) is 7.11 Å². The van der Waals surface area contributed by atoms with Gasteiger partial charge in [-0.2, -0.15) is 0 Å². The normalized spacial score (nSPS) is 29.4. The first-order chi connectivity index (χ1) is 15.7. The van der Waals surface area contributed by atoms with E-state index in [0.29, 0.717) is 24.5 Å². The standard InChI is InChI=1S/C27H34N2O3/c1-3-21-16-20(19-8-5-4-6-9-19)12-14-29(21)26(30)23-17-28-18-27(23)13-15-32-25-22(27)10-7-11-24(25)31-2/h4-11,20-21,23,28H,3,12-18H2,1-2H3/t20?,21?,23-,27-/m0/s1. The maximum atomic E-state index is 14.1. The summed E-state index contributed by atoms with van der Waals surface area (Å²) >= 11 is 0. The first kappa shape index (κ1) is 21.3. The molecule has 5 heteroatoms. The molecule has 2 unspecified atom stereocenters. The highest BCUT2D eigenvalue weighted by Crippen LogP contribution is 2.50. The topological polar surface area (TPSA) is 50.8 Å². The second-order valence-electron chi connectivity index (χ2n) is 9.50. The Kier molecular flexibility index (Phi) is 5.85. The van der Waals surface area contributed by atoms with Crippen LogP contribution in [0.2, 0.25) is 0 Å². The first-order valence-electron chi connectivity index (χ1n) is 12.0. The molecule has 0 aliphatic carbocycles. The fourth-order valence-electron chi connectivity index (χ4n) is 6.27. The molecule has 1 spiro atoms. The monoisotopic (exact) mass is 434 g/mol. The van der Waals surface area contributed by atoms with E-state index in [-0.39, 0.29) is 11.3 Å². The van der Waals surface area contributed by atoms with Crippen molar-refractivity contribution in [2.24, 2.45) is 5.92 Å². The van der Waals surface area contributed by atoms with Crippen molar-refractivity contribution in [2.45, 2.75) is 50.0 Å². The zero-order chi connectivity index (χ0) is 22.1. The number of nitrogens with zero attached hydrogens (tertiary/aromatic N) is 1. The van der Waals surface area contributed by atoms with Crippen LogP contribution in [0.5, 0.6) is 11.5 Å². The van der Waals surface area contributed by atoms with Crippen LogP contribution in [0.4, 0.5) is 0 Å². The molecule has 32 heavy (non-hydrogen) atoms. The van der Waals surface area contributed by atoms with E-state index in [2.05, 4.69) is 53.5 Å². The molecule has 170 valence electrons. The summed E-state index contributed by atoms with van der Waals surface area (Å²) in [5.74, 6) is 2.35. The quantitative estimate of drug-likeness (QED) is 0.787. The van der Waals surface area contributed by atoms with Crippen LogP contribution >= 0.6 is 0 Å². The van der Waals surface area contributed by atoms with Crippen molar-refractivity contribution in [1.29, 1.82) is 0 Å². The van der Waals surface area contributed by atoms with E-state index in [9.17, 15) is 4.79 Å². The predicted molar refractivity (Wildman–Crippen MR) is 125 cm³/mol. The minimum Gasteiger partial charge on any atom is -0.493 e. The summed E-state index contributed by atoms with van der Waals surface area (Å²) in [6, 6.07) is 17.2. The largest absolute Gasteiger partial charge is 0.493 e. The van der Waals surface area contributed by atoms with Crippen molar-refractivity contribution in [1.82, 2.24) is 10.2 Å². The molecule has 5 nitrogen and oxygen atoms in total. The van der Waals surface area contributed by atoms with Crippen LogP contribution in [-0.2, 0) is 10.2 Å². The Morgan fingerprint density at radius 2 is 2.06 bits per heavy atom. The minimum absolute atomic E-state index is 0.0698. The van der Waals surface area contributed by atoms with Gasteiger partial charge in [0.1, 0.15) is 0 Å². The van der Waals surface area contributed by atoms with Crippen LogP contribution in [0.15, 0.2) is 48.5 Å². The summed E-state index contributed by atoms with van der Waals surface area (Å²) in [7, 11) is 1.68. The van der Waals surface area contributed by atoms with Gasteiger partial charge in [-0.05, 0) is 43.2 Å². The number of likely N-dealkylation sites (tertiary alicyclic amines) is 1. The third-order valence-corrected chi connectivity index (χ3v) is 8.02. The summed E-state index contributed by atoms with van der Waals surface area (Å²) in [4.78, 5) is 16.3. The fraction of sp³-hybridized carbons (Fsp3) is 0.519. The van der Waals surface area contributed by atoms with Gasteiger partial charge in [-0.3, -0.25) is 4.79 Å². The molecule has 4 atom stereocenters. The third kappa shape index (κ3) is 3.47. The van der Waals surface area contributed by atoms with Crippen molar-refractivity contribution < 1.29 is 14.3 Å². The predicted octanol–water partition coefficient (Wildman–Crippen LogP) is 4.12. The van der Waals surface area contributed by atoms with Crippen LogP contribution in [0.1, 0.15) is 49.7 Å². The lowest BCUT2D eigenvalue weighted by molar-refractivity contribution is -0.141. The number of fused-ring (bicyclic) bond motifs is 2. The Balaban J connectivity index is 1.41. The van der Waals surface area contributed by atoms with Gasteiger partial charge in [0.15, 0.2) is 11.5 Å². The van der Waals surface area contributed by atoms with Gasteiger partial charge in [-0.25, -0.2) is 0 Å². The fourth-order valence-corrected chi connectivity index (χ4v) is 6.27. The van der Waals surface area contributed by atoms with Gasteiger partial charge in [-0.15, -0.1) is 0 Å². The van der Waals surface area contributed by atoms with E-state index < -0.39 is 0 Å². The second kappa shape index (κ2) is 8.78. The molecule has 2 aromatic rings. The van der Waals surface area contributed by atoms with Crippen LogP contribution < -0.4 is 14.8 Å². The van der Waals surface area contributed by atoms with E-state index >= 15 is 0 Å². The van der Waals surface area contributed by atoms with Gasteiger partial charge >= 0.3 is 0 Å². The summed E-state index contributed by atoms with van der Waals surface area (Å²) < 4.78 is 11.6. The van der Waals surface area contributed by atoms with E-state index in [1.807, 2.05) is 12.1 Å². The lowest BCUT2D eigenvalue weighted by atomic mass is 9.68. The molecule has 0 aromatic heterocycles. The summed E-state index contributed by atoms with van der Waals surface area (Å²) in [6.07, 6.45) is 3.93. The van der Waals surface area contributed by atoms with Gasteiger partial charge < -0.3 is 19.7 Å². The lowest BCUT2D eigenvalue weighted by Gasteiger charge is -2.45. The van der Waals surface area contributed by atoms with Crippen LogP contribution in [-0.4, -0.2) is 50.2 Å². The van der Waals surface area contributed by atoms with Gasteiger partial charge in [0, 0.05) is 36.7 Å². The number of benzene rings is 2. The molecule has 3 aliphatic rings. The molecule has 5 rings (SSSR count). The molecule has 2 fully saturated rings. The minimum atomic E-state index is -0.228. The number of hydrogen-bond acceptors (Lipinski definition) is 4. The number of amides is 1. The van der Waals surface area contributed by atoms with Crippen LogP contribution in [0.3, 0.4) is 0 Å². The van der Waals surface area contributed by atoms with Crippen LogP contribution in [0, 0.1) is 5.92 Å². The maximum absolute atomic E-state index is 14.1. The Labute approximate surface area is 191 Å². The van der Waals surface area contributed by atoms with Crippen molar-refractivity contribution in [3.8, 4) is 11.5 Å². The molecular formula is C27H34N2O3. The Morgan fingerprint density at radius 1 is 1.22 bits per heavy atom. The molecule has 1 N–H and O–H groups in total. The number of rotatable bonds is 4. The van der Waals surface area contributed by atoms with Gasteiger partial charge in [0.25, 0.3) is 0 Å². The number of carbonyl (C=O) groups is 1. The average molecular weight is 435 g/mol. The molecule has 0 saturated carbocycles. The number of para-hydroxylation sites is 1. The number of nitrogens with one attached hydrogen (secondary N) is 1. The second-order valence-corrected chi connectivity index (χ2v) is 9.50. The highest BCUT2D eigenvalue weighted by molar-refractivity contribution is 5.82. The Bertz CT molecular complexity index is 963. The molecule has 0 bridgehead atoms. The third-order valence-electron chi connectivity index (χ3n) is 8.02. The number of piperidine rings is 1. The lowest BCUT2D eigenvalue weighted by Crippen LogP contribution is -2.53.